The van der Waals surface area contributed by atoms with Gasteiger partial charge in [0.15, 0.2) is 0 Å². The number of hydrogen-bond donors (Lipinski definition) is 2. The van der Waals surface area contributed by atoms with E-state index in [0.29, 0.717) is 5.82 Å². The van der Waals surface area contributed by atoms with E-state index >= 15 is 0 Å². The number of aliphatic imine (C=N–C) groups is 1. The lowest BCUT2D eigenvalue weighted by Crippen LogP contribution is -2.42. The molecule has 1 saturated heterocycles. The predicted octanol–water partition coefficient (Wildman–Crippen LogP) is 2.27. The summed E-state index contributed by atoms with van der Waals surface area (Å²) in [5, 5.41) is 8.09. The van der Waals surface area contributed by atoms with Crippen LogP contribution in [0, 0.1) is 0 Å². The molecule has 0 amide bonds. The third kappa shape index (κ3) is 5.19. The molecule has 1 aromatic heterocycles. The van der Waals surface area contributed by atoms with Crippen molar-refractivity contribution in [3.8, 4) is 0 Å². The van der Waals surface area contributed by atoms with E-state index in [9.17, 15) is 0 Å². The summed E-state index contributed by atoms with van der Waals surface area (Å²) in [5.74, 6) is 0.315. The number of aryl methyl sites for hydroxylation is 2. The number of fused-ring (bicyclic) bond motifs is 1. The van der Waals surface area contributed by atoms with E-state index in [1.165, 1.54) is 24.2 Å². The van der Waals surface area contributed by atoms with E-state index in [4.69, 9.17) is 10.8 Å². The lowest BCUT2D eigenvalue weighted by Gasteiger charge is -2.30. The molecule has 2 aliphatic rings. The van der Waals surface area contributed by atoms with Gasteiger partial charge < -0.3 is 16.0 Å². The fourth-order valence-electron chi connectivity index (χ4n) is 3.17. The second kappa shape index (κ2) is 9.42. The van der Waals surface area contributed by atoms with Crippen molar-refractivity contribution in [1.29, 1.82) is 0 Å². The number of nitrogens with zero attached hydrogens (tertiary/aromatic N) is 4. The van der Waals surface area contributed by atoms with Gasteiger partial charge in [0.2, 0.25) is 0 Å². The molecule has 6 heteroatoms. The van der Waals surface area contributed by atoms with Crippen LogP contribution in [0.4, 0.5) is 0 Å². The van der Waals surface area contributed by atoms with Crippen molar-refractivity contribution >= 4 is 5.71 Å². The molecule has 0 spiro atoms. The second-order valence-electron chi connectivity index (χ2n) is 6.21. The standard InChI is InChI=1S/C17H26N6.C2H6/c1-13(22-9-6-19-7-10-22)11-16(20-14(2)18)17-12-15-5-3-4-8-23(15)21-17;1-2/h11-12,19H,2-10,18H2,1H3;1-2H3/b13-11+,20-16+;. The summed E-state index contributed by atoms with van der Waals surface area (Å²) in [6.45, 7) is 14.9. The Morgan fingerprint density at radius 3 is 2.64 bits per heavy atom. The quantitative estimate of drug-likeness (QED) is 0.822. The maximum atomic E-state index is 5.74. The van der Waals surface area contributed by atoms with Crippen LogP contribution in [0.2, 0.25) is 0 Å². The van der Waals surface area contributed by atoms with Gasteiger partial charge in [0.25, 0.3) is 0 Å². The van der Waals surface area contributed by atoms with Crippen LogP contribution >= 0.6 is 0 Å². The van der Waals surface area contributed by atoms with Crippen LogP contribution in [0.15, 0.2) is 35.2 Å². The third-order valence-electron chi connectivity index (χ3n) is 4.40. The molecule has 138 valence electrons. The molecule has 6 nitrogen and oxygen atoms in total. The number of nitrogens with one attached hydrogen (secondary N) is 1. The Kier molecular flexibility index (Phi) is 7.25. The van der Waals surface area contributed by atoms with Crippen LogP contribution in [-0.2, 0) is 13.0 Å². The molecule has 0 saturated carbocycles. The second-order valence-corrected chi connectivity index (χ2v) is 6.21. The van der Waals surface area contributed by atoms with Gasteiger partial charge in [0.05, 0.1) is 5.71 Å². The molecule has 25 heavy (non-hydrogen) atoms. The highest BCUT2D eigenvalue weighted by Crippen LogP contribution is 2.17. The zero-order valence-electron chi connectivity index (χ0n) is 15.9. The summed E-state index contributed by atoms with van der Waals surface area (Å²) >= 11 is 0. The number of aromatic nitrogens is 2. The molecular weight excluding hydrogens is 312 g/mol. The Morgan fingerprint density at radius 2 is 2.00 bits per heavy atom. The number of nitrogens with two attached hydrogens (primary N) is 1. The third-order valence-corrected chi connectivity index (χ3v) is 4.40. The first-order chi connectivity index (χ1) is 12.1. The number of allylic oxidation sites excluding steroid dienone is 2. The van der Waals surface area contributed by atoms with Crippen molar-refractivity contribution in [2.24, 2.45) is 10.7 Å². The maximum Gasteiger partial charge on any atom is 0.116 e. The van der Waals surface area contributed by atoms with Crippen LogP contribution in [0.1, 0.15) is 45.0 Å². The highest BCUT2D eigenvalue weighted by molar-refractivity contribution is 6.08. The number of piperazine rings is 1. The van der Waals surface area contributed by atoms with Crippen molar-refractivity contribution in [2.75, 3.05) is 26.2 Å². The van der Waals surface area contributed by atoms with Gasteiger partial charge in [-0.2, -0.15) is 5.10 Å². The normalized spacial score (nSPS) is 18.3. The van der Waals surface area contributed by atoms with Gasteiger partial charge in [-0.15, -0.1) is 0 Å². The van der Waals surface area contributed by atoms with Crippen molar-refractivity contribution in [3.63, 3.8) is 0 Å². The minimum atomic E-state index is 0.315. The molecule has 2 aliphatic heterocycles. The molecule has 0 bridgehead atoms. The summed E-state index contributed by atoms with van der Waals surface area (Å²) in [7, 11) is 0. The molecule has 0 aliphatic carbocycles. The largest absolute Gasteiger partial charge is 0.384 e. The maximum absolute atomic E-state index is 5.74. The van der Waals surface area contributed by atoms with Crippen molar-refractivity contribution < 1.29 is 0 Å². The van der Waals surface area contributed by atoms with Crippen LogP contribution in [0.25, 0.3) is 0 Å². The summed E-state index contributed by atoms with van der Waals surface area (Å²) in [4.78, 5) is 6.79. The van der Waals surface area contributed by atoms with Gasteiger partial charge in [0.1, 0.15) is 11.5 Å². The van der Waals surface area contributed by atoms with Gasteiger partial charge in [-0.05, 0) is 38.3 Å². The Morgan fingerprint density at radius 1 is 1.28 bits per heavy atom. The molecule has 3 N–H and O–H groups in total. The van der Waals surface area contributed by atoms with E-state index < -0.39 is 0 Å². The molecule has 0 aromatic carbocycles. The average molecular weight is 345 g/mol. The molecule has 1 aromatic rings. The van der Waals surface area contributed by atoms with Crippen LogP contribution in [0.5, 0.6) is 0 Å². The van der Waals surface area contributed by atoms with Gasteiger partial charge in [0, 0.05) is 44.1 Å². The summed E-state index contributed by atoms with van der Waals surface area (Å²) in [5.41, 5.74) is 9.91. The first-order valence-corrected chi connectivity index (χ1v) is 9.37. The van der Waals surface area contributed by atoms with Crippen LogP contribution < -0.4 is 11.1 Å². The van der Waals surface area contributed by atoms with E-state index in [0.717, 1.165) is 50.6 Å². The van der Waals surface area contributed by atoms with Crippen molar-refractivity contribution in [1.82, 2.24) is 20.0 Å². The summed E-state index contributed by atoms with van der Waals surface area (Å²) in [6, 6.07) is 2.14. The zero-order chi connectivity index (χ0) is 18.2. The predicted molar refractivity (Wildman–Crippen MR) is 105 cm³/mol. The van der Waals surface area contributed by atoms with Crippen molar-refractivity contribution in [2.45, 2.75) is 46.6 Å². The Balaban J connectivity index is 0.00000109. The minimum absolute atomic E-state index is 0.315. The molecule has 1 fully saturated rings. The smallest absolute Gasteiger partial charge is 0.116 e. The Bertz CT molecular complexity index is 611. The van der Waals surface area contributed by atoms with E-state index in [-0.39, 0.29) is 0 Å². The monoisotopic (exact) mass is 344 g/mol. The number of hydrogen-bond acceptors (Lipinski definition) is 5. The lowest BCUT2D eigenvalue weighted by molar-refractivity contribution is 0.300. The fraction of sp³-hybridized carbons (Fsp3) is 0.579. The SMILES string of the molecule is C=C(N)/N=C(\C=C(/C)N1CCNCC1)c1cc2n(n1)CCCC2.CC. The van der Waals surface area contributed by atoms with E-state index in [1.807, 2.05) is 13.8 Å². The molecule has 0 radical (unpaired) electrons. The average Bonchev–Trinajstić information content (AvgIpc) is 3.07. The zero-order valence-corrected chi connectivity index (χ0v) is 15.9. The summed E-state index contributed by atoms with van der Waals surface area (Å²) < 4.78 is 2.10. The molecule has 3 rings (SSSR count). The van der Waals surface area contributed by atoms with E-state index in [1.54, 1.807) is 0 Å². The van der Waals surface area contributed by atoms with Crippen LogP contribution in [-0.4, -0.2) is 46.6 Å². The van der Waals surface area contributed by atoms with E-state index in [2.05, 4.69) is 45.5 Å². The highest BCUT2D eigenvalue weighted by atomic mass is 15.3. The molecular formula is C19H32N6. The topological polar surface area (TPSA) is 71.5 Å². The summed E-state index contributed by atoms with van der Waals surface area (Å²) in [6.07, 6.45) is 5.60. The van der Waals surface area contributed by atoms with Gasteiger partial charge in [-0.3, -0.25) is 4.68 Å². The Labute approximate surface area is 151 Å². The molecule has 3 heterocycles. The molecule has 0 unspecified atom stereocenters. The number of rotatable bonds is 4. The van der Waals surface area contributed by atoms with Gasteiger partial charge in [-0.1, -0.05) is 20.4 Å². The fourth-order valence-corrected chi connectivity index (χ4v) is 3.17. The lowest BCUT2D eigenvalue weighted by atomic mass is 10.1. The highest BCUT2D eigenvalue weighted by Gasteiger charge is 2.16. The Hall–Kier alpha value is -2.08. The first kappa shape index (κ1) is 19.2. The first-order valence-electron chi connectivity index (χ1n) is 9.37. The van der Waals surface area contributed by atoms with Crippen molar-refractivity contribution in [3.05, 3.63) is 41.6 Å². The van der Waals surface area contributed by atoms with Crippen LogP contribution in [0.3, 0.4) is 0 Å². The minimum Gasteiger partial charge on any atom is -0.384 e. The van der Waals surface area contributed by atoms with Gasteiger partial charge >= 0.3 is 0 Å². The van der Waals surface area contributed by atoms with Gasteiger partial charge in [-0.25, -0.2) is 4.99 Å². The molecule has 0 atom stereocenters.